The number of halogens is 3. The smallest absolute Gasteiger partial charge is 0.228 e. The van der Waals surface area contributed by atoms with Crippen molar-refractivity contribution >= 4 is 17.5 Å². The normalized spacial score (nSPS) is 19.0. The van der Waals surface area contributed by atoms with E-state index in [0.29, 0.717) is 18.2 Å². The molecule has 1 aromatic carbocycles. The molecule has 1 saturated carbocycles. The van der Waals surface area contributed by atoms with E-state index in [4.69, 9.17) is 4.42 Å². The second-order valence-electron chi connectivity index (χ2n) is 5.46. The van der Waals surface area contributed by atoms with Crippen molar-refractivity contribution in [3.05, 3.63) is 53.7 Å². The number of carbonyl (C=O) groups excluding carboxylic acids is 2. The van der Waals surface area contributed by atoms with Gasteiger partial charge in [0.25, 0.3) is 0 Å². The maximum absolute atomic E-state index is 13.5. The quantitative estimate of drug-likeness (QED) is 0.823. The molecule has 1 heterocycles. The Morgan fingerprint density at radius 2 is 1.83 bits per heavy atom. The molecular weight excluding hydrogens is 325 g/mol. The Balaban J connectivity index is 1.54. The van der Waals surface area contributed by atoms with Crippen LogP contribution in [0, 0.1) is 29.3 Å². The lowest BCUT2D eigenvalue weighted by Crippen LogP contribution is -2.27. The van der Waals surface area contributed by atoms with Crippen molar-refractivity contribution in [1.29, 1.82) is 0 Å². The lowest BCUT2D eigenvalue weighted by Gasteiger charge is -2.07. The van der Waals surface area contributed by atoms with Crippen LogP contribution in [-0.4, -0.2) is 11.8 Å². The molecule has 24 heavy (non-hydrogen) atoms. The first kappa shape index (κ1) is 16.1. The Bertz CT molecular complexity index is 777. The molecule has 1 aromatic heterocycles. The summed E-state index contributed by atoms with van der Waals surface area (Å²) in [5, 5.41) is 4.80. The number of nitrogens with one attached hydrogen (secondary N) is 2. The molecule has 2 unspecified atom stereocenters. The number of anilines is 1. The maximum atomic E-state index is 13.5. The minimum absolute atomic E-state index is 0.203. The van der Waals surface area contributed by atoms with Gasteiger partial charge in [-0.1, -0.05) is 0 Å². The lowest BCUT2D eigenvalue weighted by molar-refractivity contribution is -0.125. The first-order chi connectivity index (χ1) is 11.5. The molecule has 2 atom stereocenters. The summed E-state index contributed by atoms with van der Waals surface area (Å²) in [4.78, 5) is 23.9. The number of hydrogen-bond acceptors (Lipinski definition) is 3. The average molecular weight is 338 g/mol. The Morgan fingerprint density at radius 1 is 1.08 bits per heavy atom. The van der Waals surface area contributed by atoms with Gasteiger partial charge in [-0.2, -0.15) is 0 Å². The van der Waals surface area contributed by atoms with Crippen molar-refractivity contribution < 1.29 is 27.2 Å². The highest BCUT2D eigenvalue weighted by Gasteiger charge is 2.48. The van der Waals surface area contributed by atoms with Crippen molar-refractivity contribution in [1.82, 2.24) is 5.32 Å². The molecule has 3 rings (SSSR count). The summed E-state index contributed by atoms with van der Waals surface area (Å²) in [6, 6.07) is 5.03. The highest BCUT2D eigenvalue weighted by Crippen LogP contribution is 2.39. The number of benzene rings is 1. The predicted octanol–water partition coefficient (Wildman–Crippen LogP) is 2.59. The minimum atomic E-state index is -1.66. The van der Waals surface area contributed by atoms with Crippen molar-refractivity contribution in [3.8, 4) is 0 Å². The van der Waals surface area contributed by atoms with Gasteiger partial charge in [-0.15, -0.1) is 0 Å². The van der Waals surface area contributed by atoms with Gasteiger partial charge in [-0.3, -0.25) is 9.59 Å². The fourth-order valence-electron chi connectivity index (χ4n) is 2.34. The molecule has 1 aliphatic carbocycles. The first-order valence-corrected chi connectivity index (χ1v) is 7.22. The molecule has 5 nitrogen and oxygen atoms in total. The topological polar surface area (TPSA) is 71.3 Å². The van der Waals surface area contributed by atoms with Crippen LogP contribution in [0.4, 0.5) is 18.9 Å². The van der Waals surface area contributed by atoms with Crippen LogP contribution in [0.15, 0.2) is 34.9 Å². The van der Waals surface area contributed by atoms with Crippen molar-refractivity contribution in [3.63, 3.8) is 0 Å². The highest BCUT2D eigenvalue weighted by molar-refractivity contribution is 5.99. The average Bonchev–Trinajstić information content (AvgIpc) is 3.21. The van der Waals surface area contributed by atoms with Gasteiger partial charge in [0.2, 0.25) is 11.8 Å². The summed E-state index contributed by atoms with van der Waals surface area (Å²) in [7, 11) is 0. The SMILES string of the molecule is O=C(NCc1ccco1)C1CC1C(=O)Nc1ccc(F)c(F)c1F. The van der Waals surface area contributed by atoms with Crippen LogP contribution in [0.1, 0.15) is 12.2 Å². The lowest BCUT2D eigenvalue weighted by atomic mass is 10.2. The van der Waals surface area contributed by atoms with Crippen molar-refractivity contribution in [2.45, 2.75) is 13.0 Å². The van der Waals surface area contributed by atoms with Crippen LogP contribution in [0.25, 0.3) is 0 Å². The van der Waals surface area contributed by atoms with Gasteiger partial charge in [0.15, 0.2) is 17.5 Å². The van der Waals surface area contributed by atoms with E-state index in [-0.39, 0.29) is 12.5 Å². The third-order valence-electron chi connectivity index (χ3n) is 3.77. The Kier molecular flexibility index (Phi) is 4.28. The van der Waals surface area contributed by atoms with Gasteiger partial charge in [0, 0.05) is 0 Å². The van der Waals surface area contributed by atoms with E-state index < -0.39 is 40.9 Å². The van der Waals surface area contributed by atoms with Gasteiger partial charge < -0.3 is 15.1 Å². The zero-order chi connectivity index (χ0) is 17.3. The molecule has 0 saturated heterocycles. The van der Waals surface area contributed by atoms with Crippen LogP contribution < -0.4 is 10.6 Å². The summed E-state index contributed by atoms with van der Waals surface area (Å²) in [6.07, 6.45) is 1.78. The number of hydrogen-bond donors (Lipinski definition) is 2. The number of amides is 2. The molecule has 1 aliphatic rings. The zero-order valence-corrected chi connectivity index (χ0v) is 12.3. The number of rotatable bonds is 5. The predicted molar refractivity (Wildman–Crippen MR) is 77.1 cm³/mol. The summed E-state index contributed by atoms with van der Waals surface area (Å²) in [5.41, 5.74) is -0.458. The van der Waals surface area contributed by atoms with Gasteiger partial charge >= 0.3 is 0 Å². The molecule has 2 amide bonds. The van der Waals surface area contributed by atoms with Gasteiger partial charge in [-0.05, 0) is 30.7 Å². The zero-order valence-electron chi connectivity index (χ0n) is 12.3. The molecular formula is C16H13F3N2O3. The molecule has 2 aromatic rings. The summed E-state index contributed by atoms with van der Waals surface area (Å²) in [6.45, 7) is 0.203. The highest BCUT2D eigenvalue weighted by atomic mass is 19.2. The van der Waals surface area contributed by atoms with Crippen molar-refractivity contribution in [2.75, 3.05) is 5.32 Å². The molecule has 126 valence electrons. The summed E-state index contributed by atoms with van der Waals surface area (Å²) in [5.74, 6) is -5.99. The van der Waals surface area contributed by atoms with E-state index in [0.717, 1.165) is 6.07 Å². The molecule has 0 radical (unpaired) electrons. The fourth-order valence-corrected chi connectivity index (χ4v) is 2.34. The van der Waals surface area contributed by atoms with Crippen molar-refractivity contribution in [2.24, 2.45) is 11.8 Å². The minimum Gasteiger partial charge on any atom is -0.467 e. The fraction of sp³-hybridized carbons (Fsp3) is 0.250. The van der Waals surface area contributed by atoms with Crippen LogP contribution in [0.2, 0.25) is 0 Å². The third kappa shape index (κ3) is 3.27. The van der Waals surface area contributed by atoms with E-state index in [1.165, 1.54) is 6.26 Å². The first-order valence-electron chi connectivity index (χ1n) is 7.22. The van der Waals surface area contributed by atoms with Gasteiger partial charge in [0.05, 0.1) is 30.3 Å². The third-order valence-corrected chi connectivity index (χ3v) is 3.77. The standard InChI is InChI=1S/C16H13F3N2O3/c17-11-3-4-12(14(19)13(11)18)21-16(23)10-6-9(10)15(22)20-7-8-2-1-5-24-8/h1-5,9-10H,6-7H2,(H,20,22)(H,21,23). The Labute approximate surface area is 134 Å². The molecule has 2 N–H and O–H groups in total. The van der Waals surface area contributed by atoms with Crippen LogP contribution in [0.3, 0.4) is 0 Å². The van der Waals surface area contributed by atoms with E-state index in [2.05, 4.69) is 10.6 Å². The van der Waals surface area contributed by atoms with Gasteiger partial charge in [0.1, 0.15) is 5.76 Å². The maximum Gasteiger partial charge on any atom is 0.228 e. The van der Waals surface area contributed by atoms with E-state index >= 15 is 0 Å². The summed E-state index contributed by atoms with van der Waals surface area (Å²) < 4.78 is 44.6. The molecule has 0 bridgehead atoms. The number of carbonyl (C=O) groups is 2. The van der Waals surface area contributed by atoms with Crippen LogP contribution in [-0.2, 0) is 16.1 Å². The second kappa shape index (κ2) is 6.38. The molecule has 8 heteroatoms. The molecule has 0 spiro atoms. The Hall–Kier alpha value is -2.77. The summed E-state index contributed by atoms with van der Waals surface area (Å²) >= 11 is 0. The van der Waals surface area contributed by atoms with E-state index in [1.807, 2.05) is 0 Å². The molecule has 1 fully saturated rings. The Morgan fingerprint density at radius 3 is 2.54 bits per heavy atom. The van der Waals surface area contributed by atoms with E-state index in [1.54, 1.807) is 12.1 Å². The molecule has 0 aliphatic heterocycles. The monoisotopic (exact) mass is 338 g/mol. The van der Waals surface area contributed by atoms with Gasteiger partial charge in [-0.25, -0.2) is 13.2 Å². The number of furan rings is 1. The largest absolute Gasteiger partial charge is 0.467 e. The van der Waals surface area contributed by atoms with E-state index in [9.17, 15) is 22.8 Å². The second-order valence-corrected chi connectivity index (χ2v) is 5.46. The van der Waals surface area contributed by atoms with Crippen LogP contribution >= 0.6 is 0 Å². The van der Waals surface area contributed by atoms with Crippen LogP contribution in [0.5, 0.6) is 0 Å².